The zero-order valence-electron chi connectivity index (χ0n) is 10.6. The van der Waals surface area contributed by atoms with Crippen LogP contribution in [0.5, 0.6) is 0 Å². The fourth-order valence-electron chi connectivity index (χ4n) is 1.61. The molecular weight excluding hydrogens is 282 g/mol. The van der Waals surface area contributed by atoms with Crippen LogP contribution in [0.2, 0.25) is 0 Å². The van der Waals surface area contributed by atoms with E-state index in [9.17, 15) is 8.42 Å². The van der Waals surface area contributed by atoms with E-state index in [4.69, 9.17) is 0 Å². The monoisotopic (exact) mass is 297 g/mol. The topological polar surface area (TPSA) is 71.1 Å². The van der Waals surface area contributed by atoms with Gasteiger partial charge in [0.15, 0.2) is 0 Å². The maximum Gasteiger partial charge on any atom is 0.229 e. The average Bonchev–Trinajstić information content (AvgIpc) is 2.83. The first-order valence-electron chi connectivity index (χ1n) is 5.66. The summed E-state index contributed by atoms with van der Waals surface area (Å²) in [6.45, 7) is 2.03. The van der Waals surface area contributed by atoms with Crippen molar-refractivity contribution in [2.24, 2.45) is 0 Å². The lowest BCUT2D eigenvalue weighted by atomic mass is 10.2. The van der Waals surface area contributed by atoms with Crippen LogP contribution in [0.25, 0.3) is 0 Å². The van der Waals surface area contributed by atoms with Gasteiger partial charge in [0.25, 0.3) is 0 Å². The highest BCUT2D eigenvalue weighted by atomic mass is 32.2. The van der Waals surface area contributed by atoms with Gasteiger partial charge in [-0.25, -0.2) is 13.4 Å². The van der Waals surface area contributed by atoms with Crippen molar-refractivity contribution >= 4 is 32.7 Å². The summed E-state index contributed by atoms with van der Waals surface area (Å²) in [7, 11) is -3.23. The molecule has 1 heterocycles. The second-order valence-corrected chi connectivity index (χ2v) is 6.70. The summed E-state index contributed by atoms with van der Waals surface area (Å²) in [6, 6.07) is 7.21. The molecule has 5 nitrogen and oxygen atoms in total. The number of rotatable bonds is 5. The SMILES string of the molecule is CC(Nc1ccc(NS(C)(=O)=O)cc1)c1cscn1. The van der Waals surface area contributed by atoms with Gasteiger partial charge in [-0.2, -0.15) is 0 Å². The standard InChI is InChI=1S/C12H15N3O2S2/c1-9(12-7-18-8-13-12)14-10-3-5-11(6-4-10)15-19(2,16)17/h3-9,14-15H,1-2H3. The van der Waals surface area contributed by atoms with Crippen molar-refractivity contribution in [3.8, 4) is 0 Å². The molecule has 2 aromatic rings. The lowest BCUT2D eigenvalue weighted by molar-refractivity contribution is 0.607. The third-order valence-corrected chi connectivity index (χ3v) is 3.68. The molecule has 0 radical (unpaired) electrons. The molecule has 0 fully saturated rings. The first kappa shape index (κ1) is 13.8. The Hall–Kier alpha value is -1.60. The number of hydrogen-bond donors (Lipinski definition) is 2. The number of hydrogen-bond acceptors (Lipinski definition) is 5. The van der Waals surface area contributed by atoms with Crippen molar-refractivity contribution in [2.45, 2.75) is 13.0 Å². The Morgan fingerprint density at radius 2 is 1.84 bits per heavy atom. The first-order valence-corrected chi connectivity index (χ1v) is 8.50. The Labute approximate surface area is 116 Å². The molecule has 19 heavy (non-hydrogen) atoms. The summed E-state index contributed by atoms with van der Waals surface area (Å²) in [5.74, 6) is 0. The molecule has 0 aliphatic carbocycles. The summed E-state index contributed by atoms with van der Waals surface area (Å²) >= 11 is 1.56. The van der Waals surface area contributed by atoms with E-state index in [1.807, 2.05) is 24.4 Å². The molecule has 102 valence electrons. The first-order chi connectivity index (χ1) is 8.94. The molecule has 0 bridgehead atoms. The van der Waals surface area contributed by atoms with Crippen LogP contribution in [0, 0.1) is 0 Å². The van der Waals surface area contributed by atoms with Gasteiger partial charge in [0.2, 0.25) is 10.0 Å². The van der Waals surface area contributed by atoms with Crippen molar-refractivity contribution in [1.82, 2.24) is 4.98 Å². The third kappa shape index (κ3) is 4.22. The van der Waals surface area contributed by atoms with Crippen molar-refractivity contribution in [3.05, 3.63) is 40.8 Å². The zero-order chi connectivity index (χ0) is 13.9. The van der Waals surface area contributed by atoms with Gasteiger partial charge in [-0.15, -0.1) is 11.3 Å². The van der Waals surface area contributed by atoms with Gasteiger partial charge < -0.3 is 5.32 Å². The smallest absolute Gasteiger partial charge is 0.229 e. The molecule has 2 rings (SSSR count). The van der Waals surface area contributed by atoms with Crippen LogP contribution < -0.4 is 10.0 Å². The Morgan fingerprint density at radius 3 is 2.37 bits per heavy atom. The summed E-state index contributed by atoms with van der Waals surface area (Å²) in [5.41, 5.74) is 4.25. The minimum Gasteiger partial charge on any atom is -0.377 e. The molecule has 1 aromatic heterocycles. The van der Waals surface area contributed by atoms with Crippen molar-refractivity contribution in [2.75, 3.05) is 16.3 Å². The second-order valence-electron chi connectivity index (χ2n) is 4.23. The molecule has 0 aliphatic heterocycles. The predicted molar refractivity (Wildman–Crippen MR) is 79.1 cm³/mol. The molecule has 1 unspecified atom stereocenters. The molecular formula is C12H15N3O2S2. The molecule has 0 aliphatic rings. The third-order valence-electron chi connectivity index (χ3n) is 2.47. The van der Waals surface area contributed by atoms with Crippen LogP contribution in [0.15, 0.2) is 35.2 Å². The van der Waals surface area contributed by atoms with E-state index in [1.165, 1.54) is 0 Å². The van der Waals surface area contributed by atoms with E-state index >= 15 is 0 Å². The number of nitrogens with zero attached hydrogens (tertiary/aromatic N) is 1. The van der Waals surface area contributed by atoms with E-state index in [0.717, 1.165) is 17.6 Å². The quantitative estimate of drug-likeness (QED) is 0.890. The van der Waals surface area contributed by atoms with Crippen molar-refractivity contribution < 1.29 is 8.42 Å². The summed E-state index contributed by atoms with van der Waals surface area (Å²) < 4.78 is 24.6. The zero-order valence-corrected chi connectivity index (χ0v) is 12.3. The lowest BCUT2D eigenvalue weighted by Crippen LogP contribution is -2.10. The number of thiazole rings is 1. The fraction of sp³-hybridized carbons (Fsp3) is 0.250. The van der Waals surface area contributed by atoms with Crippen molar-refractivity contribution in [3.63, 3.8) is 0 Å². The molecule has 1 atom stereocenters. The van der Waals surface area contributed by atoms with Gasteiger partial charge in [0.05, 0.1) is 23.5 Å². The van der Waals surface area contributed by atoms with Gasteiger partial charge in [0, 0.05) is 16.8 Å². The molecule has 0 amide bonds. The fourth-order valence-corrected chi connectivity index (χ4v) is 2.82. The van der Waals surface area contributed by atoms with Crippen LogP contribution >= 0.6 is 11.3 Å². The maximum absolute atomic E-state index is 11.1. The van der Waals surface area contributed by atoms with Gasteiger partial charge in [-0.3, -0.25) is 4.72 Å². The molecule has 0 spiro atoms. The molecule has 0 saturated carbocycles. The molecule has 1 aromatic carbocycles. The Kier molecular flexibility index (Phi) is 4.06. The van der Waals surface area contributed by atoms with Gasteiger partial charge >= 0.3 is 0 Å². The highest BCUT2D eigenvalue weighted by molar-refractivity contribution is 7.92. The summed E-state index contributed by atoms with van der Waals surface area (Å²) in [6.07, 6.45) is 1.13. The van der Waals surface area contributed by atoms with E-state index in [2.05, 4.69) is 15.0 Å². The van der Waals surface area contributed by atoms with E-state index in [1.54, 1.807) is 29.0 Å². The second kappa shape index (κ2) is 5.58. The number of nitrogens with one attached hydrogen (secondary N) is 2. The molecule has 2 N–H and O–H groups in total. The average molecular weight is 297 g/mol. The summed E-state index contributed by atoms with van der Waals surface area (Å²) in [4.78, 5) is 4.24. The van der Waals surface area contributed by atoms with Crippen LogP contribution in [0.3, 0.4) is 0 Å². The largest absolute Gasteiger partial charge is 0.377 e. The molecule has 0 saturated heterocycles. The van der Waals surface area contributed by atoms with Crippen LogP contribution in [0.4, 0.5) is 11.4 Å². The predicted octanol–water partition coefficient (Wildman–Crippen LogP) is 2.69. The minimum atomic E-state index is -3.23. The Morgan fingerprint density at radius 1 is 1.21 bits per heavy atom. The van der Waals surface area contributed by atoms with E-state index in [0.29, 0.717) is 5.69 Å². The van der Waals surface area contributed by atoms with Crippen molar-refractivity contribution in [1.29, 1.82) is 0 Å². The number of sulfonamides is 1. The van der Waals surface area contributed by atoms with Gasteiger partial charge in [0.1, 0.15) is 0 Å². The van der Waals surface area contributed by atoms with Crippen LogP contribution in [-0.4, -0.2) is 19.7 Å². The highest BCUT2D eigenvalue weighted by Crippen LogP contribution is 2.20. The number of anilines is 2. The number of benzene rings is 1. The van der Waals surface area contributed by atoms with Gasteiger partial charge in [-0.1, -0.05) is 0 Å². The number of aromatic nitrogens is 1. The highest BCUT2D eigenvalue weighted by Gasteiger charge is 2.07. The Bertz CT molecular complexity index is 622. The lowest BCUT2D eigenvalue weighted by Gasteiger charge is -2.13. The maximum atomic E-state index is 11.1. The van der Waals surface area contributed by atoms with E-state index in [-0.39, 0.29) is 6.04 Å². The van der Waals surface area contributed by atoms with Gasteiger partial charge in [-0.05, 0) is 31.2 Å². The normalized spacial score (nSPS) is 12.9. The summed E-state index contributed by atoms with van der Waals surface area (Å²) in [5, 5.41) is 5.30. The van der Waals surface area contributed by atoms with E-state index < -0.39 is 10.0 Å². The Balaban J connectivity index is 2.03. The van der Waals surface area contributed by atoms with Crippen LogP contribution in [-0.2, 0) is 10.0 Å². The molecule has 7 heteroatoms. The minimum absolute atomic E-state index is 0.111. The van der Waals surface area contributed by atoms with Crippen LogP contribution in [0.1, 0.15) is 18.7 Å².